The van der Waals surface area contributed by atoms with Crippen LogP contribution in [-0.4, -0.2) is 101 Å². The lowest BCUT2D eigenvalue weighted by Gasteiger charge is -2.36. The number of nitrogens with one attached hydrogen (secondary N) is 1. The first-order valence-electron chi connectivity index (χ1n) is 9.57. The standard InChI is InChI=1S/C17H36N4O5S2.HI/c1-15(2)26-12-14-28(24,25)21-10-8-20(9-11-21)16(18-6)19-7-13-27(22,23)17(3,4)5;/h15H,7-14H2,1-6H3,(H,18,19);1H. The third-order valence-corrected chi connectivity index (χ3v) is 8.96. The van der Waals surface area contributed by atoms with Gasteiger partial charge in [0, 0.05) is 39.8 Å². The van der Waals surface area contributed by atoms with Crippen LogP contribution in [0.25, 0.3) is 0 Å². The van der Waals surface area contributed by atoms with Crippen LogP contribution in [0, 0.1) is 0 Å². The fourth-order valence-electron chi connectivity index (χ4n) is 2.63. The zero-order valence-electron chi connectivity index (χ0n) is 18.3. The predicted octanol–water partition coefficient (Wildman–Crippen LogP) is 0.766. The molecule has 1 aliphatic heterocycles. The van der Waals surface area contributed by atoms with Gasteiger partial charge in [0.1, 0.15) is 0 Å². The van der Waals surface area contributed by atoms with Crippen LogP contribution < -0.4 is 5.32 Å². The van der Waals surface area contributed by atoms with Crippen molar-refractivity contribution >= 4 is 49.8 Å². The number of sulfone groups is 1. The van der Waals surface area contributed by atoms with Crippen molar-refractivity contribution in [3.8, 4) is 0 Å². The monoisotopic (exact) mass is 568 g/mol. The number of nitrogens with zero attached hydrogens (tertiary/aromatic N) is 3. The summed E-state index contributed by atoms with van der Waals surface area (Å²) in [5, 5.41) is 3.08. The highest BCUT2D eigenvalue weighted by molar-refractivity contribution is 14.0. The Labute approximate surface area is 193 Å². The van der Waals surface area contributed by atoms with Gasteiger partial charge in [-0.25, -0.2) is 16.8 Å². The van der Waals surface area contributed by atoms with Crippen molar-refractivity contribution in [1.29, 1.82) is 0 Å². The highest BCUT2D eigenvalue weighted by Crippen LogP contribution is 2.15. The maximum atomic E-state index is 12.4. The zero-order valence-corrected chi connectivity index (χ0v) is 22.3. The van der Waals surface area contributed by atoms with Crippen molar-refractivity contribution in [2.24, 2.45) is 4.99 Å². The minimum atomic E-state index is -3.35. The number of halogens is 1. The molecule has 0 radical (unpaired) electrons. The Bertz CT molecular complexity index is 725. The van der Waals surface area contributed by atoms with E-state index in [4.69, 9.17) is 4.74 Å². The number of sulfonamides is 1. The van der Waals surface area contributed by atoms with Gasteiger partial charge >= 0.3 is 0 Å². The molecule has 9 nitrogen and oxygen atoms in total. The third-order valence-electron chi connectivity index (χ3n) is 4.52. The topological polar surface area (TPSA) is 108 Å². The van der Waals surface area contributed by atoms with Crippen LogP contribution >= 0.6 is 24.0 Å². The van der Waals surface area contributed by atoms with Gasteiger partial charge in [-0.3, -0.25) is 4.99 Å². The molecule has 0 bridgehead atoms. The molecule has 0 aromatic rings. The maximum Gasteiger partial charge on any atom is 0.216 e. The summed E-state index contributed by atoms with van der Waals surface area (Å²) in [5.41, 5.74) is 0. The summed E-state index contributed by atoms with van der Waals surface area (Å²) in [5.74, 6) is 0.576. The first-order chi connectivity index (χ1) is 12.8. The lowest BCUT2D eigenvalue weighted by atomic mass is 10.3. The Morgan fingerprint density at radius 2 is 1.62 bits per heavy atom. The minimum Gasteiger partial charge on any atom is -0.378 e. The Kier molecular flexibility index (Phi) is 11.9. The molecular formula is C17H37IN4O5S2. The molecule has 0 atom stereocenters. The molecular weight excluding hydrogens is 531 g/mol. The van der Waals surface area contributed by atoms with E-state index >= 15 is 0 Å². The third kappa shape index (κ3) is 9.23. The minimum absolute atomic E-state index is 0. The van der Waals surface area contributed by atoms with Crippen LogP contribution in [0.3, 0.4) is 0 Å². The molecule has 12 heteroatoms. The number of aliphatic imine (C=N–C) groups is 1. The summed E-state index contributed by atoms with van der Waals surface area (Å²) in [4.78, 5) is 6.14. The van der Waals surface area contributed by atoms with Crippen molar-refractivity contribution < 1.29 is 21.6 Å². The first-order valence-corrected chi connectivity index (χ1v) is 12.8. The lowest BCUT2D eigenvalue weighted by molar-refractivity contribution is 0.0904. The largest absolute Gasteiger partial charge is 0.378 e. The SMILES string of the molecule is CN=C(NCCS(=O)(=O)C(C)(C)C)N1CCN(S(=O)(=O)CCOC(C)C)CC1.I. The van der Waals surface area contributed by atoms with E-state index in [0.29, 0.717) is 32.1 Å². The fraction of sp³-hybridized carbons (Fsp3) is 0.941. The van der Waals surface area contributed by atoms with Crippen LogP contribution in [-0.2, 0) is 24.6 Å². The summed E-state index contributed by atoms with van der Waals surface area (Å²) in [6.45, 7) is 11.0. The highest BCUT2D eigenvalue weighted by atomic mass is 127. The van der Waals surface area contributed by atoms with E-state index in [1.54, 1.807) is 27.8 Å². The molecule has 174 valence electrons. The quantitative estimate of drug-likeness (QED) is 0.262. The molecule has 0 spiro atoms. The van der Waals surface area contributed by atoms with E-state index in [9.17, 15) is 16.8 Å². The number of hydrogen-bond acceptors (Lipinski definition) is 6. The van der Waals surface area contributed by atoms with Crippen LogP contribution in [0.4, 0.5) is 0 Å². The van der Waals surface area contributed by atoms with Gasteiger partial charge in [-0.2, -0.15) is 4.31 Å². The normalized spacial score (nSPS) is 17.3. The summed E-state index contributed by atoms with van der Waals surface area (Å²) in [7, 11) is -4.92. The Balaban J connectivity index is 0.00000784. The fourth-order valence-corrected chi connectivity index (χ4v) is 4.90. The summed E-state index contributed by atoms with van der Waals surface area (Å²) in [6, 6.07) is 0. The summed E-state index contributed by atoms with van der Waals surface area (Å²) in [6.07, 6.45) is 0.00328. The van der Waals surface area contributed by atoms with E-state index in [1.165, 1.54) is 4.31 Å². The summed E-state index contributed by atoms with van der Waals surface area (Å²) < 4.78 is 55.2. The van der Waals surface area contributed by atoms with Gasteiger partial charge < -0.3 is 15.0 Å². The van der Waals surface area contributed by atoms with Crippen LogP contribution in [0.5, 0.6) is 0 Å². The van der Waals surface area contributed by atoms with Gasteiger partial charge in [0.05, 0.1) is 29.0 Å². The second-order valence-electron chi connectivity index (χ2n) is 8.03. The van der Waals surface area contributed by atoms with E-state index < -0.39 is 24.6 Å². The Morgan fingerprint density at radius 1 is 1.07 bits per heavy atom. The molecule has 0 aromatic heterocycles. The lowest BCUT2D eigenvalue weighted by Crippen LogP contribution is -2.54. The zero-order chi connectivity index (χ0) is 21.6. The maximum absolute atomic E-state index is 12.4. The van der Waals surface area contributed by atoms with Crippen LogP contribution in [0.15, 0.2) is 4.99 Å². The Morgan fingerprint density at radius 3 is 2.07 bits per heavy atom. The molecule has 1 saturated heterocycles. The van der Waals surface area contributed by atoms with Gasteiger partial charge in [0.15, 0.2) is 15.8 Å². The van der Waals surface area contributed by atoms with Gasteiger partial charge in [0.2, 0.25) is 10.0 Å². The molecule has 29 heavy (non-hydrogen) atoms. The van der Waals surface area contributed by atoms with Crippen LogP contribution in [0.1, 0.15) is 34.6 Å². The van der Waals surface area contributed by atoms with Crippen molar-refractivity contribution in [1.82, 2.24) is 14.5 Å². The smallest absolute Gasteiger partial charge is 0.216 e. The number of guanidine groups is 1. The van der Waals surface area contributed by atoms with Crippen LogP contribution in [0.2, 0.25) is 0 Å². The summed E-state index contributed by atoms with van der Waals surface area (Å²) >= 11 is 0. The van der Waals surface area contributed by atoms with Crippen molar-refractivity contribution in [2.45, 2.75) is 45.5 Å². The molecule has 0 aromatic carbocycles. The number of piperazine rings is 1. The molecule has 1 aliphatic rings. The Hall–Kier alpha value is -0.180. The number of rotatable bonds is 8. The van der Waals surface area contributed by atoms with Crippen molar-refractivity contribution in [3.05, 3.63) is 0 Å². The second-order valence-corrected chi connectivity index (χ2v) is 13.0. The van der Waals surface area contributed by atoms with E-state index in [1.807, 2.05) is 18.7 Å². The van der Waals surface area contributed by atoms with Gasteiger partial charge in [-0.15, -0.1) is 24.0 Å². The number of hydrogen-bond donors (Lipinski definition) is 1. The molecule has 1 rings (SSSR count). The average Bonchev–Trinajstić information content (AvgIpc) is 2.57. The van der Waals surface area contributed by atoms with Gasteiger partial charge in [-0.05, 0) is 34.6 Å². The van der Waals surface area contributed by atoms with E-state index in [2.05, 4.69) is 10.3 Å². The molecule has 0 saturated carbocycles. The number of ether oxygens (including phenoxy) is 1. The average molecular weight is 569 g/mol. The van der Waals surface area contributed by atoms with Crippen molar-refractivity contribution in [2.75, 3.05) is 57.9 Å². The van der Waals surface area contributed by atoms with Crippen molar-refractivity contribution in [3.63, 3.8) is 0 Å². The van der Waals surface area contributed by atoms with Gasteiger partial charge in [-0.1, -0.05) is 0 Å². The molecule has 0 amide bonds. The highest BCUT2D eigenvalue weighted by Gasteiger charge is 2.30. The molecule has 1 fully saturated rings. The predicted molar refractivity (Wildman–Crippen MR) is 128 cm³/mol. The second kappa shape index (κ2) is 12.0. The molecule has 0 aliphatic carbocycles. The molecule has 1 heterocycles. The van der Waals surface area contributed by atoms with E-state index in [-0.39, 0.29) is 54.7 Å². The first kappa shape index (κ1) is 28.8. The van der Waals surface area contributed by atoms with E-state index in [0.717, 1.165) is 0 Å². The molecule has 0 unspecified atom stereocenters. The molecule has 1 N–H and O–H groups in total. The van der Waals surface area contributed by atoms with Gasteiger partial charge in [0.25, 0.3) is 0 Å².